The van der Waals surface area contributed by atoms with Gasteiger partial charge >= 0.3 is 5.97 Å². The molecule has 1 aromatic heterocycles. The second kappa shape index (κ2) is 8.01. The molecule has 0 bridgehead atoms. The standard InChI is InChI=1S/C20H21N3O4/c1-2-27-20(24)18(21)11-15-13-22(19-6-4-3-5-17(15)19)12-14-7-9-16(10-8-14)23(25)26/h3-10,13,18H,2,11-12,21H2,1H3. The molecule has 2 N–H and O–H groups in total. The molecule has 27 heavy (non-hydrogen) atoms. The fraction of sp³-hybridized carbons (Fsp3) is 0.250. The van der Waals surface area contributed by atoms with Crippen LogP contribution in [0.1, 0.15) is 18.1 Å². The van der Waals surface area contributed by atoms with Gasteiger partial charge in [0.2, 0.25) is 0 Å². The largest absolute Gasteiger partial charge is 0.465 e. The summed E-state index contributed by atoms with van der Waals surface area (Å²) in [6.07, 6.45) is 2.36. The fourth-order valence-corrected chi connectivity index (χ4v) is 3.11. The van der Waals surface area contributed by atoms with E-state index < -0.39 is 16.9 Å². The predicted octanol–water partition coefficient (Wildman–Crippen LogP) is 3.03. The molecule has 0 saturated carbocycles. The number of para-hydroxylation sites is 1. The Labute approximate surface area is 156 Å². The molecule has 0 radical (unpaired) electrons. The van der Waals surface area contributed by atoms with Crippen LogP contribution in [0.5, 0.6) is 0 Å². The molecule has 0 aliphatic carbocycles. The lowest BCUT2D eigenvalue weighted by molar-refractivity contribution is -0.384. The number of ether oxygens (including phenoxy) is 1. The van der Waals surface area contributed by atoms with E-state index in [2.05, 4.69) is 4.57 Å². The number of rotatable bonds is 7. The quantitative estimate of drug-likeness (QED) is 0.393. The summed E-state index contributed by atoms with van der Waals surface area (Å²) < 4.78 is 7.05. The molecule has 0 aliphatic rings. The summed E-state index contributed by atoms with van der Waals surface area (Å²) in [5, 5.41) is 11.8. The molecule has 1 unspecified atom stereocenters. The monoisotopic (exact) mass is 367 g/mol. The van der Waals surface area contributed by atoms with Crippen LogP contribution in [0.25, 0.3) is 10.9 Å². The van der Waals surface area contributed by atoms with Gasteiger partial charge in [0, 0.05) is 42.2 Å². The molecule has 1 atom stereocenters. The van der Waals surface area contributed by atoms with Crippen LogP contribution >= 0.6 is 0 Å². The lowest BCUT2D eigenvalue weighted by Crippen LogP contribution is -2.34. The third-order valence-corrected chi connectivity index (χ3v) is 4.40. The minimum atomic E-state index is -0.719. The molecule has 140 valence electrons. The molecule has 0 aliphatic heterocycles. The van der Waals surface area contributed by atoms with Crippen LogP contribution in [0, 0.1) is 10.1 Å². The van der Waals surface area contributed by atoms with Gasteiger partial charge in [0.25, 0.3) is 5.69 Å². The van der Waals surface area contributed by atoms with Gasteiger partial charge in [-0.15, -0.1) is 0 Å². The number of fused-ring (bicyclic) bond motifs is 1. The molecule has 1 heterocycles. The lowest BCUT2D eigenvalue weighted by atomic mass is 10.1. The summed E-state index contributed by atoms with van der Waals surface area (Å²) in [6, 6.07) is 13.7. The van der Waals surface area contributed by atoms with E-state index in [0.29, 0.717) is 19.6 Å². The number of nitro benzene ring substituents is 1. The second-order valence-electron chi connectivity index (χ2n) is 6.29. The number of carbonyl (C=O) groups excluding carboxylic acids is 1. The molecular weight excluding hydrogens is 346 g/mol. The van der Waals surface area contributed by atoms with E-state index in [1.54, 1.807) is 19.1 Å². The normalized spacial score (nSPS) is 12.1. The first-order chi connectivity index (χ1) is 13.0. The van der Waals surface area contributed by atoms with Crippen molar-refractivity contribution in [2.75, 3.05) is 6.61 Å². The van der Waals surface area contributed by atoms with Gasteiger partial charge in [0.05, 0.1) is 11.5 Å². The molecule has 0 spiro atoms. The Kier molecular flexibility index (Phi) is 5.52. The number of hydrogen-bond donors (Lipinski definition) is 1. The van der Waals surface area contributed by atoms with Gasteiger partial charge in [-0.25, -0.2) is 0 Å². The maximum atomic E-state index is 11.9. The van der Waals surface area contributed by atoms with Crippen LogP contribution in [-0.4, -0.2) is 28.1 Å². The highest BCUT2D eigenvalue weighted by atomic mass is 16.6. The van der Waals surface area contributed by atoms with E-state index in [0.717, 1.165) is 22.0 Å². The van der Waals surface area contributed by atoms with Gasteiger partial charge in [-0.2, -0.15) is 0 Å². The van der Waals surface area contributed by atoms with E-state index in [4.69, 9.17) is 10.5 Å². The van der Waals surface area contributed by atoms with Crippen molar-refractivity contribution in [3.05, 3.63) is 76.0 Å². The summed E-state index contributed by atoms with van der Waals surface area (Å²) in [4.78, 5) is 22.2. The molecule has 0 saturated heterocycles. The van der Waals surface area contributed by atoms with Crippen molar-refractivity contribution in [2.24, 2.45) is 5.73 Å². The van der Waals surface area contributed by atoms with Gasteiger partial charge < -0.3 is 15.0 Å². The number of hydrogen-bond acceptors (Lipinski definition) is 5. The van der Waals surface area contributed by atoms with Gasteiger partial charge in [-0.1, -0.05) is 30.3 Å². The highest BCUT2D eigenvalue weighted by Gasteiger charge is 2.18. The van der Waals surface area contributed by atoms with Crippen molar-refractivity contribution in [3.8, 4) is 0 Å². The van der Waals surface area contributed by atoms with Crippen LogP contribution < -0.4 is 5.73 Å². The van der Waals surface area contributed by atoms with Crippen molar-refractivity contribution in [2.45, 2.75) is 25.9 Å². The maximum absolute atomic E-state index is 11.9. The van der Waals surface area contributed by atoms with Crippen LogP contribution in [0.2, 0.25) is 0 Å². The van der Waals surface area contributed by atoms with Crippen LogP contribution in [0.4, 0.5) is 5.69 Å². The summed E-state index contributed by atoms with van der Waals surface area (Å²) in [5.74, 6) is -0.412. The highest BCUT2D eigenvalue weighted by Crippen LogP contribution is 2.24. The van der Waals surface area contributed by atoms with Crippen molar-refractivity contribution in [1.29, 1.82) is 0 Å². The van der Waals surface area contributed by atoms with Crippen molar-refractivity contribution in [1.82, 2.24) is 4.57 Å². The topological polar surface area (TPSA) is 100 Å². The second-order valence-corrected chi connectivity index (χ2v) is 6.29. The first-order valence-electron chi connectivity index (χ1n) is 8.72. The number of nitrogens with zero attached hydrogens (tertiary/aromatic N) is 2. The zero-order chi connectivity index (χ0) is 19.4. The molecule has 7 nitrogen and oxygen atoms in total. The van der Waals surface area contributed by atoms with E-state index in [-0.39, 0.29) is 5.69 Å². The van der Waals surface area contributed by atoms with Gasteiger partial charge in [0.15, 0.2) is 0 Å². The smallest absolute Gasteiger partial charge is 0.323 e. The van der Waals surface area contributed by atoms with Crippen molar-refractivity contribution >= 4 is 22.6 Å². The van der Waals surface area contributed by atoms with E-state index in [1.165, 1.54) is 12.1 Å². The summed E-state index contributed by atoms with van der Waals surface area (Å²) in [5.41, 5.74) is 8.98. The Hall–Kier alpha value is -3.19. The summed E-state index contributed by atoms with van der Waals surface area (Å²) >= 11 is 0. The Morgan fingerprint density at radius 2 is 1.93 bits per heavy atom. The van der Waals surface area contributed by atoms with Gasteiger partial charge in [-0.05, 0) is 24.1 Å². The average Bonchev–Trinajstić information content (AvgIpc) is 3.00. The molecule has 0 fully saturated rings. The van der Waals surface area contributed by atoms with Crippen LogP contribution in [0.3, 0.4) is 0 Å². The minimum Gasteiger partial charge on any atom is -0.465 e. The summed E-state index contributed by atoms with van der Waals surface area (Å²) in [6.45, 7) is 2.61. The van der Waals surface area contributed by atoms with Gasteiger partial charge in [-0.3, -0.25) is 14.9 Å². The van der Waals surface area contributed by atoms with Gasteiger partial charge in [0.1, 0.15) is 6.04 Å². The van der Waals surface area contributed by atoms with E-state index in [1.807, 2.05) is 30.5 Å². The minimum absolute atomic E-state index is 0.0669. The van der Waals surface area contributed by atoms with Crippen molar-refractivity contribution < 1.29 is 14.5 Å². The van der Waals surface area contributed by atoms with Crippen LogP contribution in [0.15, 0.2) is 54.7 Å². The summed E-state index contributed by atoms with van der Waals surface area (Å²) in [7, 11) is 0. The first-order valence-corrected chi connectivity index (χ1v) is 8.72. The van der Waals surface area contributed by atoms with Crippen LogP contribution in [-0.2, 0) is 22.5 Å². The lowest BCUT2D eigenvalue weighted by Gasteiger charge is -2.09. The first kappa shape index (κ1) is 18.6. The number of nitro groups is 1. The number of non-ortho nitro benzene ring substituents is 1. The third kappa shape index (κ3) is 4.15. The van der Waals surface area contributed by atoms with Crippen molar-refractivity contribution in [3.63, 3.8) is 0 Å². The molecule has 7 heteroatoms. The number of aromatic nitrogens is 1. The molecule has 3 rings (SSSR count). The van der Waals surface area contributed by atoms with E-state index in [9.17, 15) is 14.9 Å². The zero-order valence-corrected chi connectivity index (χ0v) is 15.0. The third-order valence-electron chi connectivity index (χ3n) is 4.40. The predicted molar refractivity (Wildman–Crippen MR) is 102 cm³/mol. The molecule has 2 aromatic carbocycles. The zero-order valence-electron chi connectivity index (χ0n) is 15.0. The number of nitrogens with two attached hydrogens (primary N) is 1. The Balaban J connectivity index is 1.88. The number of esters is 1. The fourth-order valence-electron chi connectivity index (χ4n) is 3.11. The SMILES string of the molecule is CCOC(=O)C(N)Cc1cn(Cc2ccc([N+](=O)[O-])cc2)c2ccccc12. The van der Waals surface area contributed by atoms with E-state index >= 15 is 0 Å². The average molecular weight is 367 g/mol. The Morgan fingerprint density at radius 1 is 1.22 bits per heavy atom. The Morgan fingerprint density at radius 3 is 2.59 bits per heavy atom. The number of carbonyl (C=O) groups is 1. The maximum Gasteiger partial charge on any atom is 0.323 e. The highest BCUT2D eigenvalue weighted by molar-refractivity contribution is 5.85. The molecule has 3 aromatic rings. The molecule has 0 amide bonds. The Bertz CT molecular complexity index is 963. The molecular formula is C20H21N3O4. The number of benzene rings is 2.